The SMILES string of the molecule is CCCCCCCCN(Cc1cc(Cl)c(O)c(Cl)c1)Sc1ccc(O)c(O)c1. The van der Waals surface area contributed by atoms with Gasteiger partial charge in [0.15, 0.2) is 17.2 Å². The number of phenols is 3. The third-order valence-electron chi connectivity index (χ3n) is 4.38. The minimum Gasteiger partial charge on any atom is -0.505 e. The van der Waals surface area contributed by atoms with Gasteiger partial charge in [-0.15, -0.1) is 0 Å². The standard InChI is InChI=1S/C21H27Cl2NO3S/c1-2-3-4-5-6-7-10-24(28-16-8-9-19(25)20(26)13-16)14-15-11-17(22)21(27)18(23)12-15/h8-9,11-13,25-27H,2-7,10,14H2,1H3. The van der Waals surface area contributed by atoms with Crippen LogP contribution in [0.25, 0.3) is 0 Å². The summed E-state index contributed by atoms with van der Waals surface area (Å²) in [6.07, 6.45) is 7.21. The molecule has 0 bridgehead atoms. The lowest BCUT2D eigenvalue weighted by Crippen LogP contribution is -2.16. The molecule has 7 heteroatoms. The van der Waals surface area contributed by atoms with Gasteiger partial charge in [-0.2, -0.15) is 0 Å². The maximum atomic E-state index is 9.77. The zero-order valence-corrected chi connectivity index (χ0v) is 18.3. The van der Waals surface area contributed by atoms with Gasteiger partial charge in [-0.3, -0.25) is 0 Å². The van der Waals surface area contributed by atoms with Gasteiger partial charge in [0.2, 0.25) is 0 Å². The Morgan fingerprint density at radius 3 is 2.14 bits per heavy atom. The highest BCUT2D eigenvalue weighted by Gasteiger charge is 2.13. The summed E-state index contributed by atoms with van der Waals surface area (Å²) < 4.78 is 2.17. The maximum Gasteiger partial charge on any atom is 0.158 e. The van der Waals surface area contributed by atoms with Crippen molar-refractivity contribution < 1.29 is 15.3 Å². The van der Waals surface area contributed by atoms with Crippen LogP contribution in [0.1, 0.15) is 51.0 Å². The molecule has 0 aliphatic heterocycles. The van der Waals surface area contributed by atoms with E-state index in [-0.39, 0.29) is 27.3 Å². The van der Waals surface area contributed by atoms with Crippen molar-refractivity contribution in [3.63, 3.8) is 0 Å². The van der Waals surface area contributed by atoms with Crippen molar-refractivity contribution in [2.45, 2.75) is 56.9 Å². The minimum absolute atomic E-state index is 0.106. The Morgan fingerprint density at radius 1 is 0.857 bits per heavy atom. The quantitative estimate of drug-likeness (QED) is 0.198. The summed E-state index contributed by atoms with van der Waals surface area (Å²) >= 11 is 13.6. The second kappa shape index (κ2) is 11.7. The molecule has 0 atom stereocenters. The Balaban J connectivity index is 2.05. The van der Waals surface area contributed by atoms with E-state index in [0.29, 0.717) is 6.54 Å². The van der Waals surface area contributed by atoms with E-state index in [1.165, 1.54) is 43.7 Å². The van der Waals surface area contributed by atoms with Crippen LogP contribution in [0.2, 0.25) is 10.0 Å². The molecular weight excluding hydrogens is 417 g/mol. The van der Waals surface area contributed by atoms with Crippen molar-refractivity contribution in [1.29, 1.82) is 0 Å². The molecule has 0 saturated carbocycles. The zero-order valence-electron chi connectivity index (χ0n) is 16.0. The first-order valence-corrected chi connectivity index (χ1v) is 11.1. The Morgan fingerprint density at radius 2 is 1.50 bits per heavy atom. The van der Waals surface area contributed by atoms with Crippen LogP contribution >= 0.6 is 35.1 Å². The first-order valence-electron chi connectivity index (χ1n) is 9.52. The molecule has 0 fully saturated rings. The molecule has 0 aromatic heterocycles. The van der Waals surface area contributed by atoms with Gasteiger partial charge in [0, 0.05) is 18.0 Å². The highest BCUT2D eigenvalue weighted by Crippen LogP contribution is 2.36. The number of nitrogens with zero attached hydrogens (tertiary/aromatic N) is 1. The number of unbranched alkanes of at least 4 members (excludes halogenated alkanes) is 5. The Labute approximate surface area is 181 Å². The second-order valence-electron chi connectivity index (χ2n) is 6.78. The fourth-order valence-electron chi connectivity index (χ4n) is 2.85. The molecular formula is C21H27Cl2NO3S. The van der Waals surface area contributed by atoms with E-state index in [0.717, 1.165) is 29.8 Å². The predicted octanol–water partition coefficient (Wildman–Crippen LogP) is 6.98. The van der Waals surface area contributed by atoms with Crippen molar-refractivity contribution in [3.05, 3.63) is 45.9 Å². The molecule has 3 N–H and O–H groups in total. The van der Waals surface area contributed by atoms with E-state index in [1.807, 2.05) is 0 Å². The second-order valence-corrected chi connectivity index (χ2v) is 8.77. The van der Waals surface area contributed by atoms with Gasteiger partial charge in [-0.05, 0) is 54.3 Å². The summed E-state index contributed by atoms with van der Waals surface area (Å²) in [4.78, 5) is 0.831. The average Bonchev–Trinajstić information content (AvgIpc) is 2.65. The number of hydrogen-bond acceptors (Lipinski definition) is 5. The molecule has 0 aliphatic carbocycles. The van der Waals surface area contributed by atoms with E-state index in [1.54, 1.807) is 24.3 Å². The van der Waals surface area contributed by atoms with E-state index in [2.05, 4.69) is 11.2 Å². The molecule has 154 valence electrons. The van der Waals surface area contributed by atoms with Gasteiger partial charge >= 0.3 is 0 Å². The van der Waals surface area contributed by atoms with Crippen LogP contribution < -0.4 is 0 Å². The number of halogens is 2. The number of aromatic hydroxyl groups is 3. The number of benzene rings is 2. The lowest BCUT2D eigenvalue weighted by molar-refractivity contribution is 0.402. The summed E-state index contributed by atoms with van der Waals surface area (Å²) in [5, 5.41) is 29.5. The molecule has 0 heterocycles. The molecule has 0 spiro atoms. The van der Waals surface area contributed by atoms with Crippen LogP contribution in [0, 0.1) is 0 Å². The van der Waals surface area contributed by atoms with Gasteiger partial charge in [-0.1, -0.05) is 62.2 Å². The molecule has 2 aromatic carbocycles. The molecule has 0 radical (unpaired) electrons. The molecule has 2 rings (SSSR count). The molecule has 0 aliphatic rings. The lowest BCUT2D eigenvalue weighted by atomic mass is 10.1. The third-order valence-corrected chi connectivity index (χ3v) is 5.99. The van der Waals surface area contributed by atoms with Crippen LogP contribution in [0.3, 0.4) is 0 Å². The monoisotopic (exact) mass is 443 g/mol. The summed E-state index contributed by atoms with van der Waals surface area (Å²) in [7, 11) is 0. The van der Waals surface area contributed by atoms with E-state index < -0.39 is 0 Å². The third kappa shape index (κ3) is 7.28. The largest absolute Gasteiger partial charge is 0.505 e. The molecule has 4 nitrogen and oxygen atoms in total. The number of hydrogen-bond donors (Lipinski definition) is 3. The lowest BCUT2D eigenvalue weighted by Gasteiger charge is -2.22. The molecule has 0 unspecified atom stereocenters. The fourth-order valence-corrected chi connectivity index (χ4v) is 4.41. The van der Waals surface area contributed by atoms with Crippen molar-refractivity contribution >= 4 is 35.1 Å². The van der Waals surface area contributed by atoms with Crippen LogP contribution in [0.4, 0.5) is 0 Å². The number of rotatable bonds is 11. The summed E-state index contributed by atoms with van der Waals surface area (Å²) in [6, 6.07) is 8.22. The minimum atomic E-state index is -0.139. The van der Waals surface area contributed by atoms with Crippen molar-refractivity contribution in [3.8, 4) is 17.2 Å². The topological polar surface area (TPSA) is 63.9 Å². The number of phenolic OH excluding ortho intramolecular Hbond substituents is 3. The van der Waals surface area contributed by atoms with Crippen LogP contribution in [0.15, 0.2) is 35.2 Å². The highest BCUT2D eigenvalue weighted by atomic mass is 35.5. The summed E-state index contributed by atoms with van der Waals surface area (Å²) in [5.41, 5.74) is 0.897. The Kier molecular flexibility index (Phi) is 9.59. The van der Waals surface area contributed by atoms with Crippen molar-refractivity contribution in [2.24, 2.45) is 0 Å². The van der Waals surface area contributed by atoms with Crippen molar-refractivity contribution in [2.75, 3.05) is 6.54 Å². The molecule has 2 aromatic rings. The zero-order chi connectivity index (χ0) is 20.5. The van der Waals surface area contributed by atoms with Gasteiger partial charge in [0.1, 0.15) is 0 Å². The summed E-state index contributed by atoms with van der Waals surface area (Å²) in [6.45, 7) is 3.65. The van der Waals surface area contributed by atoms with E-state index in [9.17, 15) is 15.3 Å². The Hall–Kier alpha value is -1.27. The van der Waals surface area contributed by atoms with Crippen LogP contribution in [-0.4, -0.2) is 26.2 Å². The van der Waals surface area contributed by atoms with Crippen LogP contribution in [0.5, 0.6) is 17.2 Å². The van der Waals surface area contributed by atoms with Gasteiger partial charge in [0.25, 0.3) is 0 Å². The predicted molar refractivity (Wildman–Crippen MR) is 118 cm³/mol. The van der Waals surface area contributed by atoms with E-state index >= 15 is 0 Å². The van der Waals surface area contributed by atoms with Crippen molar-refractivity contribution in [1.82, 2.24) is 4.31 Å². The maximum absolute atomic E-state index is 9.77. The van der Waals surface area contributed by atoms with Gasteiger partial charge < -0.3 is 15.3 Å². The molecule has 28 heavy (non-hydrogen) atoms. The molecule has 0 saturated heterocycles. The van der Waals surface area contributed by atoms with Gasteiger partial charge in [-0.25, -0.2) is 4.31 Å². The van der Waals surface area contributed by atoms with E-state index in [4.69, 9.17) is 23.2 Å². The smallest absolute Gasteiger partial charge is 0.158 e. The summed E-state index contributed by atoms with van der Waals surface area (Å²) in [5.74, 6) is -0.380. The van der Waals surface area contributed by atoms with Crippen LogP contribution in [-0.2, 0) is 6.54 Å². The molecule has 0 amide bonds. The first kappa shape index (κ1) is 23.0. The average molecular weight is 444 g/mol. The highest BCUT2D eigenvalue weighted by molar-refractivity contribution is 7.97. The normalized spacial score (nSPS) is 11.3. The van der Waals surface area contributed by atoms with Gasteiger partial charge in [0.05, 0.1) is 10.0 Å². The fraction of sp³-hybridized carbons (Fsp3) is 0.429. The first-order chi connectivity index (χ1) is 13.4. The Bertz CT molecular complexity index is 750.